The molecule has 1 unspecified atom stereocenters. The summed E-state index contributed by atoms with van der Waals surface area (Å²) in [6.07, 6.45) is 36.5. The van der Waals surface area contributed by atoms with E-state index in [-0.39, 0.29) is 19.2 Å². The van der Waals surface area contributed by atoms with Crippen LogP contribution in [-0.4, -0.2) is 37.0 Å². The van der Waals surface area contributed by atoms with Gasteiger partial charge >= 0.3 is 5.97 Å². The molecule has 0 aromatic rings. The number of carbonyl (C=O) groups is 1. The molecule has 0 aliphatic rings. The number of ether oxygens (including phenoxy) is 2. The number of hydrogen-bond acceptors (Lipinski definition) is 4. The summed E-state index contributed by atoms with van der Waals surface area (Å²) in [5.74, 6) is -0.264. The Labute approximate surface area is 215 Å². The van der Waals surface area contributed by atoms with Gasteiger partial charge in [0.2, 0.25) is 0 Å². The van der Waals surface area contributed by atoms with Gasteiger partial charge in [0, 0.05) is 13.0 Å². The highest BCUT2D eigenvalue weighted by atomic mass is 16.6. The monoisotopic (exact) mass is 488 g/mol. The van der Waals surface area contributed by atoms with Gasteiger partial charge in [-0.2, -0.15) is 0 Å². The SMILES string of the molecule is CC/C=C\C/C=C\C/C=C\C/C=C\C/C=C\CCCCCCCCOCC(CO)OC(=O)CCC. The fourth-order valence-electron chi connectivity index (χ4n) is 3.33. The lowest BCUT2D eigenvalue weighted by Crippen LogP contribution is -2.27. The number of allylic oxidation sites excluding steroid dienone is 10. The molecule has 0 heterocycles. The van der Waals surface area contributed by atoms with E-state index in [1.165, 1.54) is 25.7 Å². The summed E-state index contributed by atoms with van der Waals surface area (Å²) in [5, 5.41) is 9.26. The van der Waals surface area contributed by atoms with Crippen LogP contribution in [0.15, 0.2) is 60.8 Å². The molecule has 200 valence electrons. The molecule has 1 atom stereocenters. The van der Waals surface area contributed by atoms with Crippen molar-refractivity contribution in [1.82, 2.24) is 0 Å². The molecule has 0 spiro atoms. The van der Waals surface area contributed by atoms with Gasteiger partial charge in [-0.3, -0.25) is 4.79 Å². The van der Waals surface area contributed by atoms with Gasteiger partial charge in [-0.1, -0.05) is 100 Å². The molecule has 0 saturated carbocycles. The van der Waals surface area contributed by atoms with Gasteiger partial charge in [-0.05, 0) is 57.8 Å². The summed E-state index contributed by atoms with van der Waals surface area (Å²) in [4.78, 5) is 11.4. The highest BCUT2D eigenvalue weighted by Gasteiger charge is 2.12. The van der Waals surface area contributed by atoms with Gasteiger partial charge < -0.3 is 14.6 Å². The Morgan fingerprint density at radius 2 is 1.23 bits per heavy atom. The maximum atomic E-state index is 11.4. The van der Waals surface area contributed by atoms with Crippen molar-refractivity contribution >= 4 is 5.97 Å². The molecule has 4 heteroatoms. The molecule has 0 radical (unpaired) electrons. The molecule has 0 rings (SSSR count). The molecule has 0 saturated heterocycles. The number of hydrogen-bond donors (Lipinski definition) is 1. The van der Waals surface area contributed by atoms with Gasteiger partial charge in [-0.15, -0.1) is 0 Å². The van der Waals surface area contributed by atoms with Crippen molar-refractivity contribution in [2.24, 2.45) is 0 Å². The molecule has 0 aliphatic carbocycles. The van der Waals surface area contributed by atoms with Crippen LogP contribution in [0.5, 0.6) is 0 Å². The van der Waals surface area contributed by atoms with Crippen LogP contribution in [-0.2, 0) is 14.3 Å². The smallest absolute Gasteiger partial charge is 0.306 e. The van der Waals surface area contributed by atoms with E-state index in [9.17, 15) is 9.90 Å². The Bertz CT molecular complexity index is 601. The predicted molar refractivity (Wildman–Crippen MR) is 149 cm³/mol. The lowest BCUT2D eigenvalue weighted by molar-refractivity contribution is -0.154. The van der Waals surface area contributed by atoms with E-state index in [0.717, 1.165) is 57.8 Å². The maximum absolute atomic E-state index is 11.4. The molecule has 4 nitrogen and oxygen atoms in total. The van der Waals surface area contributed by atoms with E-state index in [0.29, 0.717) is 13.0 Å². The Hall–Kier alpha value is -1.91. The molecule has 35 heavy (non-hydrogen) atoms. The number of aliphatic hydroxyl groups excluding tert-OH is 1. The number of carbonyl (C=O) groups excluding carboxylic acids is 1. The summed E-state index contributed by atoms with van der Waals surface area (Å²) in [6, 6.07) is 0. The summed E-state index contributed by atoms with van der Waals surface area (Å²) >= 11 is 0. The van der Waals surface area contributed by atoms with Crippen LogP contribution in [0.4, 0.5) is 0 Å². The minimum absolute atomic E-state index is 0.187. The standard InChI is InChI=1S/C31H52O4/c1-3-5-6-7-8-9-10-11-12-13-14-15-16-17-18-19-20-21-22-23-24-25-27-34-29-30(28-32)35-31(33)26-4-2/h5-6,8-9,11-12,14-15,17-18,30,32H,3-4,7,10,13,16,19-29H2,1-2H3/b6-5-,9-8-,12-11-,15-14-,18-17-. The molecular weight excluding hydrogens is 436 g/mol. The summed E-state index contributed by atoms with van der Waals surface area (Å²) in [7, 11) is 0. The summed E-state index contributed by atoms with van der Waals surface area (Å²) in [5.41, 5.74) is 0. The zero-order valence-corrected chi connectivity index (χ0v) is 22.5. The van der Waals surface area contributed by atoms with Crippen LogP contribution in [0, 0.1) is 0 Å². The van der Waals surface area contributed by atoms with Crippen LogP contribution in [0.2, 0.25) is 0 Å². The lowest BCUT2D eigenvalue weighted by atomic mass is 10.1. The predicted octanol–water partition coefficient (Wildman–Crippen LogP) is 8.19. The second kappa shape index (κ2) is 28.3. The molecule has 0 bridgehead atoms. The second-order valence-electron chi connectivity index (χ2n) is 8.74. The van der Waals surface area contributed by atoms with Crippen molar-refractivity contribution in [3.63, 3.8) is 0 Å². The van der Waals surface area contributed by atoms with E-state index in [1.54, 1.807) is 0 Å². The Morgan fingerprint density at radius 3 is 1.77 bits per heavy atom. The minimum Gasteiger partial charge on any atom is -0.457 e. The highest BCUT2D eigenvalue weighted by molar-refractivity contribution is 5.69. The molecule has 0 aromatic heterocycles. The zero-order valence-electron chi connectivity index (χ0n) is 22.5. The first kappa shape index (κ1) is 33.1. The van der Waals surface area contributed by atoms with Gasteiger partial charge in [0.15, 0.2) is 0 Å². The van der Waals surface area contributed by atoms with Crippen LogP contribution < -0.4 is 0 Å². The minimum atomic E-state index is -0.537. The van der Waals surface area contributed by atoms with E-state index in [4.69, 9.17) is 9.47 Å². The maximum Gasteiger partial charge on any atom is 0.306 e. The third-order valence-electron chi connectivity index (χ3n) is 5.33. The number of unbranched alkanes of at least 4 members (excludes halogenated alkanes) is 6. The van der Waals surface area contributed by atoms with Gasteiger partial charge in [0.1, 0.15) is 6.10 Å². The van der Waals surface area contributed by atoms with Crippen molar-refractivity contribution in [2.45, 2.75) is 110 Å². The molecule has 0 fully saturated rings. The largest absolute Gasteiger partial charge is 0.457 e. The number of esters is 1. The quantitative estimate of drug-likeness (QED) is 0.0845. The van der Waals surface area contributed by atoms with Crippen LogP contribution in [0.3, 0.4) is 0 Å². The first-order chi connectivity index (χ1) is 17.2. The molecule has 1 N–H and O–H groups in total. The highest BCUT2D eigenvalue weighted by Crippen LogP contribution is 2.08. The van der Waals surface area contributed by atoms with Crippen molar-refractivity contribution in [1.29, 1.82) is 0 Å². The third-order valence-corrected chi connectivity index (χ3v) is 5.33. The number of rotatable bonds is 24. The van der Waals surface area contributed by atoms with E-state index in [1.807, 2.05) is 6.92 Å². The summed E-state index contributed by atoms with van der Waals surface area (Å²) in [6.45, 7) is 4.83. The molecule has 0 aromatic carbocycles. The lowest BCUT2D eigenvalue weighted by Gasteiger charge is -2.15. The van der Waals surface area contributed by atoms with Crippen molar-refractivity contribution in [2.75, 3.05) is 19.8 Å². The average molecular weight is 489 g/mol. The van der Waals surface area contributed by atoms with Crippen molar-refractivity contribution in [3.8, 4) is 0 Å². The van der Waals surface area contributed by atoms with Crippen LogP contribution in [0.1, 0.15) is 104 Å². The van der Waals surface area contributed by atoms with E-state index in [2.05, 4.69) is 67.7 Å². The first-order valence-electron chi connectivity index (χ1n) is 13.9. The van der Waals surface area contributed by atoms with Gasteiger partial charge in [0.05, 0.1) is 13.2 Å². The summed E-state index contributed by atoms with van der Waals surface area (Å²) < 4.78 is 10.7. The van der Waals surface area contributed by atoms with Gasteiger partial charge in [0.25, 0.3) is 0 Å². The topological polar surface area (TPSA) is 55.8 Å². The van der Waals surface area contributed by atoms with Crippen molar-refractivity contribution < 1.29 is 19.4 Å². The Kier molecular flexibility index (Phi) is 26.8. The second-order valence-corrected chi connectivity index (χ2v) is 8.74. The first-order valence-corrected chi connectivity index (χ1v) is 13.9. The van der Waals surface area contributed by atoms with Crippen LogP contribution >= 0.6 is 0 Å². The van der Waals surface area contributed by atoms with E-state index >= 15 is 0 Å². The Balaban J connectivity index is 3.45. The fourth-order valence-corrected chi connectivity index (χ4v) is 3.33. The Morgan fingerprint density at radius 1 is 0.714 bits per heavy atom. The van der Waals surface area contributed by atoms with Crippen molar-refractivity contribution in [3.05, 3.63) is 60.8 Å². The van der Waals surface area contributed by atoms with Gasteiger partial charge in [-0.25, -0.2) is 0 Å². The molecule has 0 amide bonds. The number of aliphatic hydroxyl groups is 1. The van der Waals surface area contributed by atoms with Crippen LogP contribution in [0.25, 0.3) is 0 Å². The molecule has 0 aliphatic heterocycles. The third kappa shape index (κ3) is 26.5. The van der Waals surface area contributed by atoms with E-state index < -0.39 is 6.10 Å². The average Bonchev–Trinajstić information content (AvgIpc) is 2.86. The normalized spacial score (nSPS) is 13.3. The zero-order chi connectivity index (χ0) is 25.7. The molecular formula is C31H52O4. The fraction of sp³-hybridized carbons (Fsp3) is 0.645.